The summed E-state index contributed by atoms with van der Waals surface area (Å²) in [5.41, 5.74) is 1.24. The van der Waals surface area contributed by atoms with Crippen molar-refractivity contribution in [1.29, 1.82) is 0 Å². The maximum atomic E-state index is 15.1. The number of hydrogen-bond acceptors (Lipinski definition) is 6. The largest absolute Gasteiger partial charge is 0.493 e. The van der Waals surface area contributed by atoms with Gasteiger partial charge in [0.2, 0.25) is 11.8 Å². The topological polar surface area (TPSA) is 105 Å². The zero-order valence-corrected chi connectivity index (χ0v) is 27.9. The van der Waals surface area contributed by atoms with Crippen LogP contribution in [0.4, 0.5) is 10.1 Å². The molecule has 48 heavy (non-hydrogen) atoms. The molecule has 4 aromatic rings. The highest BCUT2D eigenvalue weighted by molar-refractivity contribution is 7.92. The van der Waals surface area contributed by atoms with Gasteiger partial charge in [-0.05, 0) is 48.7 Å². The summed E-state index contributed by atoms with van der Waals surface area (Å²) >= 11 is 0. The number of benzene rings is 4. The number of sulfonamides is 1. The predicted octanol–water partition coefficient (Wildman–Crippen LogP) is 5.74. The number of hydrogen-bond donors (Lipinski definition) is 1. The van der Waals surface area contributed by atoms with E-state index in [1.807, 2.05) is 30.3 Å². The van der Waals surface area contributed by atoms with Crippen molar-refractivity contribution in [1.82, 2.24) is 10.2 Å². The van der Waals surface area contributed by atoms with Gasteiger partial charge in [-0.25, -0.2) is 12.8 Å². The van der Waals surface area contributed by atoms with Crippen LogP contribution in [0.1, 0.15) is 36.8 Å². The Kier molecular flexibility index (Phi) is 11.3. The van der Waals surface area contributed by atoms with Gasteiger partial charge in [0.05, 0.1) is 24.8 Å². The van der Waals surface area contributed by atoms with E-state index in [-0.39, 0.29) is 46.8 Å². The minimum absolute atomic E-state index is 0.0348. The molecule has 0 heterocycles. The van der Waals surface area contributed by atoms with Crippen LogP contribution in [0.5, 0.6) is 11.5 Å². The molecule has 9 nitrogen and oxygen atoms in total. The molecule has 1 aliphatic carbocycles. The van der Waals surface area contributed by atoms with Crippen molar-refractivity contribution in [3.8, 4) is 11.5 Å². The molecule has 2 amide bonds. The number of ether oxygens (including phenoxy) is 2. The fourth-order valence-electron chi connectivity index (χ4n) is 5.96. The average Bonchev–Trinajstić information content (AvgIpc) is 3.62. The van der Waals surface area contributed by atoms with Crippen molar-refractivity contribution >= 4 is 27.5 Å². The van der Waals surface area contributed by atoms with Gasteiger partial charge in [0.1, 0.15) is 18.4 Å². The van der Waals surface area contributed by atoms with Crippen molar-refractivity contribution in [3.63, 3.8) is 0 Å². The number of nitrogens with zero attached hydrogens (tertiary/aromatic N) is 2. The van der Waals surface area contributed by atoms with E-state index < -0.39 is 34.3 Å². The average molecular weight is 674 g/mol. The maximum absolute atomic E-state index is 15.1. The Bertz CT molecular complexity index is 1800. The van der Waals surface area contributed by atoms with Crippen LogP contribution in [-0.2, 0) is 32.6 Å². The van der Waals surface area contributed by atoms with E-state index in [9.17, 15) is 18.0 Å². The lowest BCUT2D eigenvalue weighted by Crippen LogP contribution is -2.54. The summed E-state index contributed by atoms with van der Waals surface area (Å²) in [6, 6.07) is 26.7. The Hall–Kier alpha value is -4.90. The van der Waals surface area contributed by atoms with E-state index in [0.29, 0.717) is 5.75 Å². The Morgan fingerprint density at radius 1 is 0.854 bits per heavy atom. The zero-order chi connectivity index (χ0) is 34.1. The lowest BCUT2D eigenvalue weighted by Gasteiger charge is -2.34. The summed E-state index contributed by atoms with van der Waals surface area (Å²) in [6.07, 6.45) is 3.79. The highest BCUT2D eigenvalue weighted by Crippen LogP contribution is 2.32. The van der Waals surface area contributed by atoms with Crippen molar-refractivity contribution in [2.75, 3.05) is 25.1 Å². The standard InChI is InChI=1S/C37H40FN3O6S/c1-46-34-22-21-31(24-35(34)47-2)48(44,45)41(30-18-7-4-8-19-30)26-36(42)40(25-28-15-9-12-20-32(28)38)33(23-27-13-5-3-6-14-27)37(43)39-29-16-10-11-17-29/h3-9,12-15,18-22,24,29,33H,10-11,16-17,23,25-26H2,1-2H3,(H,39,43)/t33-/m0/s1. The highest BCUT2D eigenvalue weighted by atomic mass is 32.2. The summed E-state index contributed by atoms with van der Waals surface area (Å²) in [5.74, 6) is -1.04. The number of carbonyl (C=O) groups is 2. The van der Waals surface area contributed by atoms with Crippen LogP contribution >= 0.6 is 0 Å². The minimum atomic E-state index is -4.37. The van der Waals surface area contributed by atoms with E-state index in [0.717, 1.165) is 35.6 Å². The van der Waals surface area contributed by atoms with E-state index in [2.05, 4.69) is 5.32 Å². The zero-order valence-electron chi connectivity index (χ0n) is 27.0. The Balaban J connectivity index is 1.57. The number of amides is 2. The van der Waals surface area contributed by atoms with Crippen molar-refractivity contribution in [3.05, 3.63) is 120 Å². The third kappa shape index (κ3) is 8.14. The summed E-state index contributed by atoms with van der Waals surface area (Å²) in [5, 5.41) is 3.12. The number of carbonyl (C=O) groups excluding carboxylic acids is 2. The lowest BCUT2D eigenvalue weighted by atomic mass is 10.0. The van der Waals surface area contributed by atoms with Crippen molar-refractivity contribution in [2.24, 2.45) is 0 Å². The van der Waals surface area contributed by atoms with Gasteiger partial charge in [0, 0.05) is 30.6 Å². The Morgan fingerprint density at radius 2 is 1.48 bits per heavy atom. The Morgan fingerprint density at radius 3 is 2.12 bits per heavy atom. The van der Waals surface area contributed by atoms with Crippen LogP contribution in [0.15, 0.2) is 108 Å². The second-order valence-electron chi connectivity index (χ2n) is 11.7. The van der Waals surface area contributed by atoms with Gasteiger partial charge in [-0.2, -0.15) is 0 Å². The van der Waals surface area contributed by atoms with E-state index in [1.165, 1.54) is 43.4 Å². The molecular formula is C37H40FN3O6S. The SMILES string of the molecule is COc1ccc(S(=O)(=O)N(CC(=O)N(Cc2ccccc2F)[C@@H](Cc2ccccc2)C(=O)NC2CCCC2)c2ccccc2)cc1OC. The molecule has 11 heteroatoms. The van der Waals surface area contributed by atoms with E-state index >= 15 is 4.39 Å². The lowest BCUT2D eigenvalue weighted by molar-refractivity contribution is -0.140. The monoisotopic (exact) mass is 673 g/mol. The molecule has 252 valence electrons. The summed E-state index contributed by atoms with van der Waals surface area (Å²) in [4.78, 5) is 29.8. The normalized spacial score (nSPS) is 13.8. The van der Waals surface area contributed by atoms with Crippen LogP contribution in [0.2, 0.25) is 0 Å². The summed E-state index contributed by atoms with van der Waals surface area (Å²) in [7, 11) is -1.53. The molecule has 0 bridgehead atoms. The molecule has 5 rings (SSSR count). The number of rotatable bonds is 14. The first-order valence-corrected chi connectivity index (χ1v) is 17.3. The quantitative estimate of drug-likeness (QED) is 0.183. The second-order valence-corrected chi connectivity index (χ2v) is 13.5. The number of methoxy groups -OCH3 is 2. The molecule has 0 saturated heterocycles. The first kappa shape index (κ1) is 34.4. The van der Waals surface area contributed by atoms with Crippen LogP contribution in [0.25, 0.3) is 0 Å². The fourth-order valence-corrected chi connectivity index (χ4v) is 7.39. The molecule has 1 aliphatic rings. The van der Waals surface area contributed by atoms with Crippen molar-refractivity contribution < 1.29 is 31.9 Å². The molecule has 1 fully saturated rings. The van der Waals surface area contributed by atoms with Gasteiger partial charge in [-0.15, -0.1) is 0 Å². The molecule has 4 aromatic carbocycles. The molecular weight excluding hydrogens is 633 g/mol. The summed E-state index contributed by atoms with van der Waals surface area (Å²) < 4.78 is 55.4. The predicted molar refractivity (Wildman–Crippen MR) is 182 cm³/mol. The minimum Gasteiger partial charge on any atom is -0.493 e. The third-order valence-electron chi connectivity index (χ3n) is 8.54. The molecule has 0 aromatic heterocycles. The molecule has 0 aliphatic heterocycles. The van der Waals surface area contributed by atoms with Gasteiger partial charge in [-0.3, -0.25) is 13.9 Å². The smallest absolute Gasteiger partial charge is 0.264 e. The van der Waals surface area contributed by atoms with Crippen LogP contribution in [0.3, 0.4) is 0 Å². The first-order chi connectivity index (χ1) is 23.2. The molecule has 1 saturated carbocycles. The van der Waals surface area contributed by atoms with Gasteiger partial charge < -0.3 is 19.7 Å². The number of para-hydroxylation sites is 1. The fraction of sp³-hybridized carbons (Fsp3) is 0.297. The molecule has 0 unspecified atom stereocenters. The number of halogens is 1. The van der Waals surface area contributed by atoms with Gasteiger partial charge in [0.25, 0.3) is 10.0 Å². The van der Waals surface area contributed by atoms with Crippen molar-refractivity contribution in [2.45, 2.75) is 55.6 Å². The molecule has 0 radical (unpaired) electrons. The van der Waals surface area contributed by atoms with E-state index in [4.69, 9.17) is 9.47 Å². The Labute approximate surface area is 281 Å². The highest BCUT2D eigenvalue weighted by Gasteiger charge is 2.36. The van der Waals surface area contributed by atoms with Crippen LogP contribution in [-0.4, -0.2) is 58.0 Å². The second kappa shape index (κ2) is 15.8. The van der Waals surface area contributed by atoms with Gasteiger partial charge in [0.15, 0.2) is 11.5 Å². The number of nitrogens with one attached hydrogen (secondary N) is 1. The van der Waals surface area contributed by atoms with Gasteiger partial charge in [-0.1, -0.05) is 79.6 Å². The molecule has 1 N–H and O–H groups in total. The van der Waals surface area contributed by atoms with E-state index in [1.54, 1.807) is 48.5 Å². The third-order valence-corrected chi connectivity index (χ3v) is 10.3. The first-order valence-electron chi connectivity index (χ1n) is 15.9. The van der Waals surface area contributed by atoms with Gasteiger partial charge >= 0.3 is 0 Å². The van der Waals surface area contributed by atoms with Crippen LogP contribution in [0, 0.1) is 5.82 Å². The maximum Gasteiger partial charge on any atom is 0.264 e. The molecule has 0 spiro atoms. The van der Waals surface area contributed by atoms with Crippen LogP contribution < -0.4 is 19.1 Å². The summed E-state index contributed by atoms with van der Waals surface area (Å²) in [6.45, 7) is -0.905. The molecule has 1 atom stereocenters. The number of anilines is 1.